The zero-order valence-corrected chi connectivity index (χ0v) is 16.0. The Balaban J connectivity index is 2.05. The van der Waals surface area contributed by atoms with Crippen molar-refractivity contribution in [2.75, 3.05) is 0 Å². The summed E-state index contributed by atoms with van der Waals surface area (Å²) in [6, 6.07) is 6.95. The predicted molar refractivity (Wildman–Crippen MR) is 99.6 cm³/mol. The first kappa shape index (κ1) is 19.2. The summed E-state index contributed by atoms with van der Waals surface area (Å²) in [4.78, 5) is 29.0. The number of carbonyl (C=O) groups excluding carboxylic acids is 2. The minimum atomic E-state index is -0.664. The SMILES string of the molecule is CC(C)OC(=O)N[C@H](C(=O)NC(C)c1nc2ccccc2s1)C(C)C. The van der Waals surface area contributed by atoms with Crippen LogP contribution in [-0.4, -0.2) is 29.1 Å². The maximum atomic E-state index is 12.6. The van der Waals surface area contributed by atoms with E-state index in [2.05, 4.69) is 15.6 Å². The minimum absolute atomic E-state index is 0.0673. The molecule has 7 heteroatoms. The number of nitrogens with zero attached hydrogens (tertiary/aromatic N) is 1. The number of fused-ring (bicyclic) bond motifs is 1. The maximum Gasteiger partial charge on any atom is 0.408 e. The largest absolute Gasteiger partial charge is 0.447 e. The van der Waals surface area contributed by atoms with E-state index in [1.807, 2.05) is 45.0 Å². The molecule has 0 aliphatic heterocycles. The van der Waals surface area contributed by atoms with E-state index >= 15 is 0 Å². The van der Waals surface area contributed by atoms with Crippen LogP contribution in [-0.2, 0) is 9.53 Å². The Morgan fingerprint density at radius 2 is 1.76 bits per heavy atom. The Bertz CT molecular complexity index is 709. The van der Waals surface area contributed by atoms with E-state index < -0.39 is 12.1 Å². The molecule has 136 valence electrons. The smallest absolute Gasteiger partial charge is 0.408 e. The zero-order chi connectivity index (χ0) is 18.6. The molecule has 2 aromatic rings. The lowest BCUT2D eigenvalue weighted by atomic mass is 10.0. The maximum absolute atomic E-state index is 12.6. The van der Waals surface area contributed by atoms with Gasteiger partial charge >= 0.3 is 6.09 Å². The van der Waals surface area contributed by atoms with Gasteiger partial charge in [-0.2, -0.15) is 0 Å². The van der Waals surface area contributed by atoms with Crippen LogP contribution in [0.5, 0.6) is 0 Å². The van der Waals surface area contributed by atoms with Crippen molar-refractivity contribution in [3.8, 4) is 0 Å². The Hall–Kier alpha value is -2.15. The molecular formula is C18H25N3O3S. The van der Waals surface area contributed by atoms with E-state index in [0.717, 1.165) is 15.2 Å². The summed E-state index contributed by atoms with van der Waals surface area (Å²) in [5, 5.41) is 6.41. The zero-order valence-electron chi connectivity index (χ0n) is 15.2. The number of nitrogens with one attached hydrogen (secondary N) is 2. The van der Waals surface area contributed by atoms with Crippen LogP contribution in [0.25, 0.3) is 10.2 Å². The number of hydrogen-bond donors (Lipinski definition) is 2. The van der Waals surface area contributed by atoms with Crippen LogP contribution in [0.1, 0.15) is 45.7 Å². The third kappa shape index (κ3) is 5.16. The fourth-order valence-corrected chi connectivity index (χ4v) is 3.32. The molecule has 0 spiro atoms. The fourth-order valence-electron chi connectivity index (χ4n) is 2.35. The van der Waals surface area contributed by atoms with E-state index in [1.165, 1.54) is 0 Å². The van der Waals surface area contributed by atoms with Crippen LogP contribution in [0, 0.1) is 5.92 Å². The van der Waals surface area contributed by atoms with Gasteiger partial charge in [0.2, 0.25) is 5.91 Å². The van der Waals surface area contributed by atoms with E-state index in [0.29, 0.717) is 0 Å². The summed E-state index contributed by atoms with van der Waals surface area (Å²) in [6.45, 7) is 9.17. The molecular weight excluding hydrogens is 338 g/mol. The average Bonchev–Trinajstić information content (AvgIpc) is 2.95. The van der Waals surface area contributed by atoms with Gasteiger partial charge < -0.3 is 15.4 Å². The standard InChI is InChI=1S/C18H25N3O3S/c1-10(2)15(21-18(23)24-11(3)4)16(22)19-12(5)17-20-13-8-6-7-9-14(13)25-17/h6-12,15H,1-5H3,(H,19,22)(H,21,23)/t12?,15-/m0/s1. The number of hydrogen-bond acceptors (Lipinski definition) is 5. The highest BCUT2D eigenvalue weighted by Gasteiger charge is 2.27. The molecule has 1 unspecified atom stereocenters. The van der Waals surface area contributed by atoms with Gasteiger partial charge in [-0.05, 0) is 38.8 Å². The molecule has 0 bridgehead atoms. The second-order valence-electron chi connectivity index (χ2n) is 6.57. The summed E-state index contributed by atoms with van der Waals surface area (Å²) >= 11 is 1.55. The molecule has 25 heavy (non-hydrogen) atoms. The van der Waals surface area contributed by atoms with E-state index in [4.69, 9.17) is 4.74 Å². The van der Waals surface area contributed by atoms with E-state index in [-0.39, 0.29) is 24.0 Å². The fraction of sp³-hybridized carbons (Fsp3) is 0.500. The third-order valence-corrected chi connectivity index (χ3v) is 4.82. The first-order chi connectivity index (χ1) is 11.8. The molecule has 2 rings (SSSR count). The molecule has 0 radical (unpaired) electrons. The lowest BCUT2D eigenvalue weighted by molar-refractivity contribution is -0.124. The predicted octanol–water partition coefficient (Wildman–Crippen LogP) is 3.63. The Labute approximate surface area is 152 Å². The van der Waals surface area contributed by atoms with Crippen molar-refractivity contribution in [3.63, 3.8) is 0 Å². The molecule has 1 heterocycles. The number of para-hydroxylation sites is 1. The highest BCUT2D eigenvalue weighted by atomic mass is 32.1. The number of alkyl carbamates (subject to hydrolysis) is 1. The van der Waals surface area contributed by atoms with Crippen molar-refractivity contribution >= 4 is 33.6 Å². The molecule has 0 saturated heterocycles. The second-order valence-corrected chi connectivity index (χ2v) is 7.63. The van der Waals surface area contributed by atoms with E-state index in [1.54, 1.807) is 25.2 Å². The number of thiazole rings is 1. The Morgan fingerprint density at radius 1 is 1.08 bits per heavy atom. The quantitative estimate of drug-likeness (QED) is 0.821. The highest BCUT2D eigenvalue weighted by molar-refractivity contribution is 7.18. The molecule has 0 fully saturated rings. The van der Waals surface area contributed by atoms with Gasteiger partial charge in [-0.25, -0.2) is 9.78 Å². The Morgan fingerprint density at radius 3 is 2.36 bits per heavy atom. The molecule has 0 saturated carbocycles. The summed E-state index contributed by atoms with van der Waals surface area (Å²) in [5.41, 5.74) is 0.919. The number of ether oxygens (including phenoxy) is 1. The third-order valence-electron chi connectivity index (χ3n) is 3.60. The normalized spacial score (nSPS) is 13.7. The van der Waals surface area contributed by atoms with Crippen molar-refractivity contribution in [3.05, 3.63) is 29.3 Å². The molecule has 2 atom stereocenters. The van der Waals surface area contributed by atoms with Crippen molar-refractivity contribution in [2.45, 2.75) is 52.8 Å². The molecule has 1 aromatic carbocycles. The van der Waals surface area contributed by atoms with Crippen molar-refractivity contribution in [2.24, 2.45) is 5.92 Å². The van der Waals surface area contributed by atoms with Crippen molar-refractivity contribution < 1.29 is 14.3 Å². The monoisotopic (exact) mass is 363 g/mol. The first-order valence-electron chi connectivity index (χ1n) is 8.41. The van der Waals surface area contributed by atoms with Crippen LogP contribution in [0.2, 0.25) is 0 Å². The van der Waals surface area contributed by atoms with Gasteiger partial charge in [0.05, 0.1) is 22.4 Å². The van der Waals surface area contributed by atoms with Crippen LogP contribution in [0.3, 0.4) is 0 Å². The van der Waals surface area contributed by atoms with Gasteiger partial charge in [-0.1, -0.05) is 26.0 Å². The van der Waals surface area contributed by atoms with Crippen LogP contribution in [0.15, 0.2) is 24.3 Å². The number of amides is 2. The molecule has 2 amide bonds. The first-order valence-corrected chi connectivity index (χ1v) is 9.22. The lowest BCUT2D eigenvalue weighted by Gasteiger charge is -2.23. The molecule has 0 aliphatic rings. The second kappa shape index (κ2) is 8.29. The van der Waals surface area contributed by atoms with Crippen LogP contribution < -0.4 is 10.6 Å². The van der Waals surface area contributed by atoms with Gasteiger partial charge in [0.25, 0.3) is 0 Å². The summed E-state index contributed by atoms with van der Waals surface area (Å²) in [6.07, 6.45) is -0.825. The van der Waals surface area contributed by atoms with Crippen LogP contribution in [0.4, 0.5) is 4.79 Å². The van der Waals surface area contributed by atoms with Gasteiger partial charge in [0.1, 0.15) is 11.0 Å². The van der Waals surface area contributed by atoms with Gasteiger partial charge in [0, 0.05) is 0 Å². The lowest BCUT2D eigenvalue weighted by Crippen LogP contribution is -2.50. The molecule has 0 aliphatic carbocycles. The highest BCUT2D eigenvalue weighted by Crippen LogP contribution is 2.26. The Kier molecular flexibility index (Phi) is 6.36. The minimum Gasteiger partial charge on any atom is -0.447 e. The van der Waals surface area contributed by atoms with Gasteiger partial charge in [0.15, 0.2) is 0 Å². The van der Waals surface area contributed by atoms with Crippen LogP contribution >= 0.6 is 11.3 Å². The number of benzene rings is 1. The van der Waals surface area contributed by atoms with Gasteiger partial charge in [-0.15, -0.1) is 11.3 Å². The number of rotatable bonds is 6. The summed E-state index contributed by atoms with van der Waals surface area (Å²) < 4.78 is 6.15. The van der Waals surface area contributed by atoms with Crippen molar-refractivity contribution in [1.29, 1.82) is 0 Å². The van der Waals surface area contributed by atoms with Crippen molar-refractivity contribution in [1.82, 2.24) is 15.6 Å². The van der Waals surface area contributed by atoms with E-state index in [9.17, 15) is 9.59 Å². The van der Waals surface area contributed by atoms with Gasteiger partial charge in [-0.3, -0.25) is 4.79 Å². The molecule has 2 N–H and O–H groups in total. The topological polar surface area (TPSA) is 80.3 Å². The molecule has 1 aromatic heterocycles. The number of aromatic nitrogens is 1. The average molecular weight is 363 g/mol. The summed E-state index contributed by atoms with van der Waals surface area (Å²) in [7, 11) is 0. The number of carbonyl (C=O) groups is 2. The summed E-state index contributed by atoms with van der Waals surface area (Å²) in [5.74, 6) is -0.315. The molecule has 6 nitrogen and oxygen atoms in total.